The van der Waals surface area contributed by atoms with Gasteiger partial charge in [-0.25, -0.2) is 34.4 Å². The van der Waals surface area contributed by atoms with Crippen LogP contribution in [0.2, 0.25) is 0 Å². The number of thiazole rings is 2. The fourth-order valence-electron chi connectivity index (χ4n) is 13.7. The molecule has 0 radical (unpaired) electrons. The van der Waals surface area contributed by atoms with E-state index >= 15 is 0 Å². The molecule has 2 aromatic heterocycles. The number of unbranched alkanes of at least 4 members (excludes halogenated alkanes) is 12. The summed E-state index contributed by atoms with van der Waals surface area (Å²) < 4.78 is 42.0. The molecule has 2 aliphatic rings. The predicted octanol–water partition coefficient (Wildman–Crippen LogP) is 21.3. The third-order valence-corrected chi connectivity index (χ3v) is 22.8. The van der Waals surface area contributed by atoms with Crippen molar-refractivity contribution >= 4 is 95.6 Å². The standard InChI is InChI=1S/C94H110N6O18S2/c1-5-9-11-21-55-99(93-97-82-27-17-19-29-86(82)119-93)95-63-74-62-81(52-53-84(74)115-92(105)73-41-35-68(36-42-73)65-110-116-79-49-45-77(46-50-79)107-58-24-14-16-26-60-109-89(102)8-4)117-111-66-69-31-39-72(40-32-69)91(104)114-80-51-54-85(75(61-80)64-96-100(56-22-12-10-6-2)94-98-83-28-18-20-30-87(83)120-94)118-112-67-70-33-37-71(38-34-70)90(103)113-78-47-43-76(44-48-78)106-57-23-13-15-25-59-108-88(101)7-3/h7-8,17-20,27-32,39-40,43-54,61-64,68,70-71,73H,3-6,9-16,21-26,33-38,41-42,55-60,65-67H2,1-2H3/b95-63+,96-64+. The van der Waals surface area contributed by atoms with Crippen molar-refractivity contribution in [2.45, 2.75) is 175 Å². The average molecular weight is 1680 g/mol. The molecular weight excluding hydrogens is 1570 g/mol. The van der Waals surface area contributed by atoms with Crippen LogP contribution in [-0.2, 0) is 49.9 Å². The van der Waals surface area contributed by atoms with Crippen LogP contribution >= 0.6 is 22.7 Å². The molecule has 636 valence electrons. The summed E-state index contributed by atoms with van der Waals surface area (Å²) in [5.74, 6) is 1.39. The fourth-order valence-corrected chi connectivity index (χ4v) is 15.6. The number of esters is 5. The molecule has 0 unspecified atom stereocenters. The zero-order valence-corrected chi connectivity index (χ0v) is 70.4. The zero-order chi connectivity index (χ0) is 83.7. The van der Waals surface area contributed by atoms with Crippen molar-refractivity contribution in [2.24, 2.45) is 33.9 Å². The molecule has 2 heterocycles. The molecule has 7 aromatic carbocycles. The van der Waals surface area contributed by atoms with E-state index in [1.807, 2.05) is 70.7 Å². The highest BCUT2D eigenvalue weighted by atomic mass is 32.1. The van der Waals surface area contributed by atoms with Crippen molar-refractivity contribution in [1.29, 1.82) is 0 Å². The highest BCUT2D eigenvalue weighted by Crippen LogP contribution is 2.37. The van der Waals surface area contributed by atoms with E-state index in [1.54, 1.807) is 132 Å². The Kier molecular flexibility index (Phi) is 37.0. The number of nitrogens with zero attached hydrogens (tertiary/aromatic N) is 6. The number of ether oxygens (including phenoxy) is 7. The molecule has 0 amide bonds. The summed E-state index contributed by atoms with van der Waals surface area (Å²) in [5, 5.41) is 15.3. The summed E-state index contributed by atoms with van der Waals surface area (Å²) in [5.41, 5.74) is 3.75. The minimum absolute atomic E-state index is 0.0101. The Morgan fingerprint density at radius 2 is 0.875 bits per heavy atom. The Morgan fingerprint density at radius 3 is 1.40 bits per heavy atom. The number of hydrazone groups is 2. The number of hydrogen-bond acceptors (Lipinski definition) is 26. The molecule has 2 aliphatic carbocycles. The largest absolute Gasteiger partial charge is 0.494 e. The van der Waals surface area contributed by atoms with Gasteiger partial charge in [0.1, 0.15) is 35.4 Å². The van der Waals surface area contributed by atoms with Gasteiger partial charge in [0.05, 0.1) is 89.9 Å². The molecule has 11 rings (SSSR count). The lowest BCUT2D eigenvalue weighted by molar-refractivity contribution is -0.218. The second kappa shape index (κ2) is 49.5. The van der Waals surface area contributed by atoms with Crippen LogP contribution in [0.15, 0.2) is 193 Å². The van der Waals surface area contributed by atoms with Gasteiger partial charge in [-0.3, -0.25) is 9.59 Å². The number of hydrogen-bond donors (Lipinski definition) is 0. The van der Waals surface area contributed by atoms with Gasteiger partial charge >= 0.3 is 29.8 Å². The van der Waals surface area contributed by atoms with E-state index in [9.17, 15) is 24.0 Å². The number of fused-ring (bicyclic) bond motifs is 2. The van der Waals surface area contributed by atoms with E-state index in [2.05, 4.69) is 27.0 Å². The average Bonchev–Trinajstić information content (AvgIpc) is 1.77. The summed E-state index contributed by atoms with van der Waals surface area (Å²) >= 11 is 3.12. The molecule has 0 atom stereocenters. The van der Waals surface area contributed by atoms with Gasteiger partial charge in [0.25, 0.3) is 0 Å². The Labute approximate surface area is 710 Å². The van der Waals surface area contributed by atoms with Gasteiger partial charge in [0.2, 0.25) is 10.3 Å². The van der Waals surface area contributed by atoms with Gasteiger partial charge in [0.15, 0.2) is 17.2 Å². The smallest absolute Gasteiger partial charge is 0.343 e. The zero-order valence-electron chi connectivity index (χ0n) is 68.7. The number of benzene rings is 7. The van der Waals surface area contributed by atoms with E-state index in [1.165, 1.54) is 6.08 Å². The van der Waals surface area contributed by atoms with Crippen LogP contribution in [0, 0.1) is 23.7 Å². The number of carbonyl (C=O) groups excluding carboxylic acids is 5. The number of carbonyl (C=O) groups is 5. The van der Waals surface area contributed by atoms with Crippen molar-refractivity contribution in [3.05, 3.63) is 205 Å². The molecule has 0 saturated heterocycles. The van der Waals surface area contributed by atoms with Gasteiger partial charge in [-0.2, -0.15) is 24.9 Å². The summed E-state index contributed by atoms with van der Waals surface area (Å²) in [6.07, 6.45) is 26.4. The van der Waals surface area contributed by atoms with Crippen LogP contribution < -0.4 is 48.4 Å². The summed E-state index contributed by atoms with van der Waals surface area (Å²) in [7, 11) is 0. The highest BCUT2D eigenvalue weighted by Gasteiger charge is 2.31. The Balaban J connectivity index is 0.684. The van der Waals surface area contributed by atoms with Crippen LogP contribution in [0.25, 0.3) is 20.4 Å². The predicted molar refractivity (Wildman–Crippen MR) is 466 cm³/mol. The van der Waals surface area contributed by atoms with E-state index in [0.717, 1.165) is 171 Å². The maximum Gasteiger partial charge on any atom is 0.343 e. The lowest BCUT2D eigenvalue weighted by Crippen LogP contribution is -2.27. The van der Waals surface area contributed by atoms with E-state index in [4.69, 9.17) is 82.7 Å². The van der Waals surface area contributed by atoms with E-state index < -0.39 is 17.9 Å². The number of anilines is 2. The van der Waals surface area contributed by atoms with Crippen molar-refractivity contribution in [3.63, 3.8) is 0 Å². The quantitative estimate of drug-likeness (QED) is 0.00652. The van der Waals surface area contributed by atoms with Gasteiger partial charge in [-0.15, -0.1) is 0 Å². The van der Waals surface area contributed by atoms with Crippen LogP contribution in [0.1, 0.15) is 195 Å². The van der Waals surface area contributed by atoms with Crippen molar-refractivity contribution in [2.75, 3.05) is 62.7 Å². The second-order valence-electron chi connectivity index (χ2n) is 29.8. The first kappa shape index (κ1) is 89.8. The first-order chi connectivity index (χ1) is 58.8. The molecule has 9 aromatic rings. The molecule has 120 heavy (non-hydrogen) atoms. The Hall–Kier alpha value is -11.0. The minimum Gasteiger partial charge on any atom is -0.494 e. The fraction of sp³-hybridized carbons (Fsp3) is 0.415. The van der Waals surface area contributed by atoms with Crippen molar-refractivity contribution in [1.82, 2.24) is 9.97 Å². The van der Waals surface area contributed by atoms with E-state index in [-0.39, 0.29) is 54.6 Å². The first-order valence-corrected chi connectivity index (χ1v) is 43.8. The van der Waals surface area contributed by atoms with Crippen LogP contribution in [-0.4, -0.2) is 105 Å². The molecule has 26 heteroatoms. The molecule has 2 fully saturated rings. The second-order valence-corrected chi connectivity index (χ2v) is 31.9. The van der Waals surface area contributed by atoms with Gasteiger partial charge in [-0.1, -0.05) is 125 Å². The normalized spacial score (nSPS) is 15.2. The number of para-hydroxylation sites is 2. The lowest BCUT2D eigenvalue weighted by atomic mass is 9.82. The topological polar surface area (TPSA) is 262 Å². The van der Waals surface area contributed by atoms with Gasteiger partial charge in [0, 0.05) is 36.4 Å². The first-order valence-electron chi connectivity index (χ1n) is 42.1. The summed E-state index contributed by atoms with van der Waals surface area (Å²) in [4.78, 5) is 109. The third-order valence-electron chi connectivity index (χ3n) is 20.7. The maximum atomic E-state index is 14.1. The SMILES string of the molecule is C=CC(=O)OCCCCCCOc1ccc(OOCC2CCC(C(=O)Oc3ccc(OOCc4ccc(C(=O)Oc5ccc(OOCC6CCC(C(=O)Oc7ccc(OCCCCCCOC(=O)C=C)cc7)CC6)c(/C=N/N(CCCCCC)c6nc7ccccc7s6)c5)cc4)cc3/C=N/N(CCCCCC)c3nc4ccccc4s3)CC2)cc1. The number of aromatic nitrogens is 2. The molecule has 0 bridgehead atoms. The molecule has 0 spiro atoms. The van der Waals surface area contributed by atoms with Crippen LogP contribution in [0.4, 0.5) is 10.3 Å². The van der Waals surface area contributed by atoms with E-state index in [0.29, 0.717) is 129 Å². The van der Waals surface area contributed by atoms with Crippen molar-refractivity contribution < 1.29 is 86.5 Å². The lowest BCUT2D eigenvalue weighted by Gasteiger charge is -2.26. The minimum atomic E-state index is -0.598. The summed E-state index contributed by atoms with van der Waals surface area (Å²) in [6, 6.07) is 47.3. The Morgan fingerprint density at radius 1 is 0.433 bits per heavy atom. The molecule has 0 N–H and O–H groups in total. The van der Waals surface area contributed by atoms with Crippen LogP contribution in [0.5, 0.6) is 46.0 Å². The third kappa shape index (κ3) is 29.7. The monoisotopic (exact) mass is 1670 g/mol. The highest BCUT2D eigenvalue weighted by molar-refractivity contribution is 7.22. The maximum absolute atomic E-state index is 14.1. The summed E-state index contributed by atoms with van der Waals surface area (Å²) in [6.45, 7) is 15.0. The Bertz CT molecular complexity index is 4680. The number of rotatable bonds is 52. The van der Waals surface area contributed by atoms with Crippen molar-refractivity contribution in [3.8, 4) is 46.0 Å². The van der Waals surface area contributed by atoms with Gasteiger partial charge < -0.3 is 47.8 Å². The molecule has 0 aliphatic heterocycles. The molecular formula is C94H110N6O18S2. The molecule has 2 saturated carbocycles. The van der Waals surface area contributed by atoms with Gasteiger partial charge in [-0.05, 0) is 254 Å². The molecule has 24 nitrogen and oxygen atoms in total. The van der Waals surface area contributed by atoms with Crippen LogP contribution in [0.3, 0.4) is 0 Å².